The lowest BCUT2D eigenvalue weighted by atomic mass is 9.98. The quantitative estimate of drug-likeness (QED) is 0.710. The number of ketones is 2. The van der Waals surface area contributed by atoms with Crippen LogP contribution in [-0.2, 0) is 6.54 Å². The van der Waals surface area contributed by atoms with E-state index in [2.05, 4.69) is 20.6 Å². The number of carbonyl (C=O) groups is 2. The third-order valence-electron chi connectivity index (χ3n) is 4.26. The van der Waals surface area contributed by atoms with Gasteiger partial charge in [-0.25, -0.2) is 14.4 Å². The summed E-state index contributed by atoms with van der Waals surface area (Å²) in [5.74, 6) is -0.952. The molecule has 7 heteroatoms. The van der Waals surface area contributed by atoms with Gasteiger partial charge in [0.25, 0.3) is 0 Å². The molecule has 0 spiro atoms. The third-order valence-corrected chi connectivity index (χ3v) is 4.26. The zero-order valence-corrected chi connectivity index (χ0v) is 14.6. The summed E-state index contributed by atoms with van der Waals surface area (Å²) in [7, 11) is 0. The second-order valence-corrected chi connectivity index (χ2v) is 6.22. The lowest BCUT2D eigenvalue weighted by Gasteiger charge is -2.16. The van der Waals surface area contributed by atoms with E-state index < -0.39 is 0 Å². The molecule has 1 heterocycles. The lowest BCUT2D eigenvalue weighted by Crippen LogP contribution is -2.22. The second kappa shape index (κ2) is 7.40. The monoisotopic (exact) mass is 374 g/mol. The zero-order chi connectivity index (χ0) is 19.5. The van der Waals surface area contributed by atoms with Crippen molar-refractivity contribution in [1.29, 1.82) is 0 Å². The molecule has 4 rings (SSSR count). The first-order valence-electron chi connectivity index (χ1n) is 8.56. The van der Waals surface area contributed by atoms with Crippen molar-refractivity contribution in [2.75, 3.05) is 10.6 Å². The van der Waals surface area contributed by atoms with E-state index in [4.69, 9.17) is 0 Å². The molecule has 28 heavy (non-hydrogen) atoms. The van der Waals surface area contributed by atoms with Gasteiger partial charge in [0.2, 0.25) is 11.6 Å². The average Bonchev–Trinajstić information content (AvgIpc) is 2.72. The number of fused-ring (bicyclic) bond motifs is 1. The molecule has 3 aromatic rings. The molecule has 0 saturated carbocycles. The lowest BCUT2D eigenvalue weighted by molar-refractivity contribution is 0.0981. The standard InChI is InChI=1S/C21H15FN4O2/c22-14-6-4-13(5-7-14)10-24-15-2-1-3-16(8-15)26-18-9-19(27)20-17(21(18)28)11-23-12-25-20/h1-9,11-12,24,26H,10H2. The number of allylic oxidation sites excluding steroid dienone is 2. The molecular formula is C21H15FN4O2. The van der Waals surface area contributed by atoms with Crippen LogP contribution in [0.15, 0.2) is 72.8 Å². The maximum Gasteiger partial charge on any atom is 0.213 e. The molecule has 0 bridgehead atoms. The van der Waals surface area contributed by atoms with Crippen molar-refractivity contribution in [1.82, 2.24) is 9.97 Å². The molecule has 0 atom stereocenters. The highest BCUT2D eigenvalue weighted by atomic mass is 19.1. The van der Waals surface area contributed by atoms with Crippen LogP contribution in [0.5, 0.6) is 0 Å². The highest BCUT2D eigenvalue weighted by Gasteiger charge is 2.27. The minimum Gasteiger partial charge on any atom is -0.381 e. The normalized spacial score (nSPS) is 13.0. The molecule has 0 fully saturated rings. The Kier molecular flexibility index (Phi) is 4.63. The van der Waals surface area contributed by atoms with Gasteiger partial charge in [0, 0.05) is 30.2 Å². The van der Waals surface area contributed by atoms with E-state index in [1.54, 1.807) is 18.2 Å². The summed E-state index contributed by atoms with van der Waals surface area (Å²) in [5.41, 5.74) is 2.86. The summed E-state index contributed by atoms with van der Waals surface area (Å²) in [5, 5.41) is 6.23. The first kappa shape index (κ1) is 17.5. The predicted octanol–water partition coefficient (Wildman–Crippen LogP) is 3.60. The number of nitrogens with one attached hydrogen (secondary N) is 2. The average molecular weight is 374 g/mol. The van der Waals surface area contributed by atoms with E-state index >= 15 is 0 Å². The molecule has 0 aliphatic heterocycles. The van der Waals surface area contributed by atoms with Crippen molar-refractivity contribution < 1.29 is 14.0 Å². The van der Waals surface area contributed by atoms with Crippen molar-refractivity contribution >= 4 is 22.9 Å². The van der Waals surface area contributed by atoms with Crippen LogP contribution in [0.1, 0.15) is 26.4 Å². The van der Waals surface area contributed by atoms with E-state index in [0.717, 1.165) is 11.3 Å². The molecule has 0 amide bonds. The number of halogens is 1. The van der Waals surface area contributed by atoms with Gasteiger partial charge in [-0.05, 0) is 35.9 Å². The van der Waals surface area contributed by atoms with Crippen molar-refractivity contribution in [2.24, 2.45) is 0 Å². The molecule has 2 N–H and O–H groups in total. The van der Waals surface area contributed by atoms with Gasteiger partial charge in [0.1, 0.15) is 17.8 Å². The summed E-state index contributed by atoms with van der Waals surface area (Å²) in [4.78, 5) is 32.5. The van der Waals surface area contributed by atoms with Crippen LogP contribution in [0.4, 0.5) is 15.8 Å². The smallest absolute Gasteiger partial charge is 0.213 e. The fourth-order valence-electron chi connectivity index (χ4n) is 2.86. The van der Waals surface area contributed by atoms with Crippen molar-refractivity contribution in [2.45, 2.75) is 6.54 Å². The number of anilines is 2. The van der Waals surface area contributed by atoms with Crippen LogP contribution in [0, 0.1) is 5.82 Å². The van der Waals surface area contributed by atoms with Gasteiger partial charge >= 0.3 is 0 Å². The van der Waals surface area contributed by atoms with E-state index in [0.29, 0.717) is 12.2 Å². The number of hydrogen-bond acceptors (Lipinski definition) is 6. The maximum absolute atomic E-state index is 13.0. The Morgan fingerprint density at radius 1 is 1.00 bits per heavy atom. The number of benzene rings is 2. The van der Waals surface area contributed by atoms with Gasteiger partial charge in [-0.3, -0.25) is 9.59 Å². The van der Waals surface area contributed by atoms with Crippen LogP contribution >= 0.6 is 0 Å². The Morgan fingerprint density at radius 2 is 1.79 bits per heavy atom. The minimum atomic E-state index is -0.343. The fourth-order valence-corrected chi connectivity index (χ4v) is 2.86. The highest BCUT2D eigenvalue weighted by Crippen LogP contribution is 2.23. The molecule has 0 radical (unpaired) electrons. The first-order valence-corrected chi connectivity index (χ1v) is 8.56. The van der Waals surface area contributed by atoms with Crippen LogP contribution in [0.2, 0.25) is 0 Å². The second-order valence-electron chi connectivity index (χ2n) is 6.22. The molecule has 0 saturated heterocycles. The van der Waals surface area contributed by atoms with Gasteiger partial charge in [0.15, 0.2) is 0 Å². The van der Waals surface area contributed by atoms with Crippen LogP contribution in [-0.4, -0.2) is 21.5 Å². The molecule has 138 valence electrons. The SMILES string of the molecule is O=C1C(Nc2cccc(NCc3ccc(F)cc3)c2)=CC(=O)c2ncncc21. The molecule has 0 unspecified atom stereocenters. The number of nitrogens with zero attached hydrogens (tertiary/aromatic N) is 2. The summed E-state index contributed by atoms with van der Waals surface area (Å²) in [6.45, 7) is 0.522. The topological polar surface area (TPSA) is 84.0 Å². The molecule has 2 aromatic carbocycles. The Hall–Kier alpha value is -3.87. The number of aromatic nitrogens is 2. The fraction of sp³-hybridized carbons (Fsp3) is 0.0476. The van der Waals surface area contributed by atoms with Crippen LogP contribution in [0.3, 0.4) is 0 Å². The van der Waals surface area contributed by atoms with E-state index in [1.807, 2.05) is 18.2 Å². The van der Waals surface area contributed by atoms with E-state index in [9.17, 15) is 14.0 Å². The predicted molar refractivity (Wildman–Crippen MR) is 103 cm³/mol. The largest absolute Gasteiger partial charge is 0.381 e. The molecule has 1 aromatic heterocycles. The van der Waals surface area contributed by atoms with Crippen LogP contribution in [0.25, 0.3) is 0 Å². The first-order chi connectivity index (χ1) is 13.6. The van der Waals surface area contributed by atoms with Gasteiger partial charge in [-0.1, -0.05) is 18.2 Å². The summed E-state index contributed by atoms with van der Waals surface area (Å²) >= 11 is 0. The number of carbonyl (C=O) groups excluding carboxylic acids is 2. The van der Waals surface area contributed by atoms with Crippen molar-refractivity contribution in [3.63, 3.8) is 0 Å². The van der Waals surface area contributed by atoms with E-state index in [1.165, 1.54) is 30.7 Å². The number of hydrogen-bond donors (Lipinski definition) is 2. The maximum atomic E-state index is 13.0. The van der Waals surface area contributed by atoms with Crippen LogP contribution < -0.4 is 10.6 Å². The Bertz CT molecular complexity index is 1090. The Balaban J connectivity index is 1.48. The summed E-state index contributed by atoms with van der Waals surface area (Å²) in [6.07, 6.45) is 3.83. The zero-order valence-electron chi connectivity index (χ0n) is 14.6. The number of rotatable bonds is 5. The molecular weight excluding hydrogens is 359 g/mol. The summed E-state index contributed by atoms with van der Waals surface area (Å²) in [6, 6.07) is 13.5. The van der Waals surface area contributed by atoms with Crippen molar-refractivity contribution in [3.05, 3.63) is 95.5 Å². The summed E-state index contributed by atoms with van der Waals surface area (Å²) < 4.78 is 13.0. The van der Waals surface area contributed by atoms with Gasteiger partial charge in [0.05, 0.1) is 11.3 Å². The van der Waals surface area contributed by atoms with Gasteiger partial charge in [-0.15, -0.1) is 0 Å². The minimum absolute atomic E-state index is 0.111. The Labute approximate surface area is 160 Å². The number of Topliss-reactive ketones (excluding diaryl/α,β-unsaturated/α-hetero) is 1. The van der Waals surface area contributed by atoms with Gasteiger partial charge in [-0.2, -0.15) is 0 Å². The van der Waals surface area contributed by atoms with Crippen molar-refractivity contribution in [3.8, 4) is 0 Å². The Morgan fingerprint density at radius 3 is 2.61 bits per heavy atom. The van der Waals surface area contributed by atoms with Gasteiger partial charge < -0.3 is 10.6 Å². The highest BCUT2D eigenvalue weighted by molar-refractivity contribution is 6.24. The molecule has 1 aliphatic rings. The molecule has 6 nitrogen and oxygen atoms in total. The third kappa shape index (κ3) is 3.64. The molecule has 1 aliphatic carbocycles. The van der Waals surface area contributed by atoms with E-state index in [-0.39, 0.29) is 34.3 Å².